The van der Waals surface area contributed by atoms with Gasteiger partial charge in [-0.2, -0.15) is 0 Å². The van der Waals surface area contributed by atoms with E-state index in [9.17, 15) is 14.7 Å². The van der Waals surface area contributed by atoms with Crippen LogP contribution < -0.4 is 0 Å². The van der Waals surface area contributed by atoms with Crippen LogP contribution in [0.3, 0.4) is 0 Å². The van der Waals surface area contributed by atoms with Crippen molar-refractivity contribution in [1.29, 1.82) is 0 Å². The number of carbonyl (C=O) groups is 2. The number of hydrogen-bond donors (Lipinski definition) is 1. The minimum Gasteiger partial charge on any atom is -0.373 e. The van der Waals surface area contributed by atoms with Gasteiger partial charge in [-0.05, 0) is 25.7 Å². The molecule has 136 valence electrons. The van der Waals surface area contributed by atoms with E-state index in [-0.39, 0.29) is 11.4 Å². The smallest absolute Gasteiger partial charge is 0.209 e. The van der Waals surface area contributed by atoms with Gasteiger partial charge < -0.3 is 14.7 Å². The summed E-state index contributed by atoms with van der Waals surface area (Å²) in [7, 11) is 0. The third kappa shape index (κ3) is 2.63. The topological polar surface area (TPSA) is 66.8 Å². The highest BCUT2D eigenvalue weighted by atomic mass is 16.5. The van der Waals surface area contributed by atoms with Crippen molar-refractivity contribution >= 4 is 11.6 Å². The Bertz CT molecular complexity index is 776. The summed E-state index contributed by atoms with van der Waals surface area (Å²) < 4.78 is 5.68. The van der Waals surface area contributed by atoms with Gasteiger partial charge in [0.1, 0.15) is 6.10 Å². The first-order valence-electron chi connectivity index (χ1n) is 9.29. The maximum atomic E-state index is 13.0. The second-order valence-electron chi connectivity index (χ2n) is 7.07. The molecule has 5 nitrogen and oxygen atoms in total. The van der Waals surface area contributed by atoms with Crippen LogP contribution in [-0.2, 0) is 9.53 Å². The number of carbonyl (C=O) groups excluding carboxylic acids is 2. The summed E-state index contributed by atoms with van der Waals surface area (Å²) in [6.45, 7) is 1.95. The largest absolute Gasteiger partial charge is 0.373 e. The minimum atomic E-state index is -1.76. The van der Waals surface area contributed by atoms with E-state index < -0.39 is 17.5 Å². The van der Waals surface area contributed by atoms with Crippen LogP contribution in [0.5, 0.6) is 0 Å². The lowest BCUT2D eigenvalue weighted by atomic mass is 9.68. The number of ether oxygens (including phenoxy) is 1. The standard InChI is InChI=1S/C21H23NO4/c23-18(15-9-3-1-4-10-15)17-19(22-12-6-2-7-13-22)21(25,20(17)24)16-11-5-8-14-26-16/h1,3-5,9-11,16,25H,2,6-8,12-14H2. The molecule has 0 radical (unpaired) electrons. The Labute approximate surface area is 152 Å². The molecule has 0 bridgehead atoms. The van der Waals surface area contributed by atoms with Crippen LogP contribution in [0.2, 0.25) is 0 Å². The van der Waals surface area contributed by atoms with E-state index in [2.05, 4.69) is 0 Å². The lowest BCUT2D eigenvalue weighted by Crippen LogP contribution is -2.65. The van der Waals surface area contributed by atoms with Crippen molar-refractivity contribution in [3.05, 3.63) is 59.3 Å². The maximum absolute atomic E-state index is 13.0. The molecule has 4 rings (SSSR count). The van der Waals surface area contributed by atoms with E-state index in [4.69, 9.17) is 4.74 Å². The molecule has 2 unspecified atom stereocenters. The summed E-state index contributed by atoms with van der Waals surface area (Å²) in [5, 5.41) is 11.3. The minimum absolute atomic E-state index is 0.114. The summed E-state index contributed by atoms with van der Waals surface area (Å²) in [6.07, 6.45) is 6.80. The predicted octanol–water partition coefficient (Wildman–Crippen LogP) is 2.27. The van der Waals surface area contributed by atoms with Crippen LogP contribution in [0.15, 0.2) is 53.8 Å². The molecule has 3 aliphatic rings. The SMILES string of the molecule is O=C(C1=C(N2CCCCC2)C(O)(C2C=CCCO2)C1=O)c1ccccc1. The molecular weight excluding hydrogens is 330 g/mol. The first-order chi connectivity index (χ1) is 12.6. The van der Waals surface area contributed by atoms with Gasteiger partial charge >= 0.3 is 0 Å². The van der Waals surface area contributed by atoms with Gasteiger partial charge in [0, 0.05) is 18.7 Å². The fourth-order valence-corrected chi connectivity index (χ4v) is 4.06. The van der Waals surface area contributed by atoms with Crippen molar-refractivity contribution < 1.29 is 19.4 Å². The number of aliphatic hydroxyl groups is 1. The molecule has 1 aromatic carbocycles. The molecule has 0 amide bonds. The van der Waals surface area contributed by atoms with Crippen molar-refractivity contribution in [3.63, 3.8) is 0 Å². The van der Waals surface area contributed by atoms with E-state index >= 15 is 0 Å². The zero-order valence-corrected chi connectivity index (χ0v) is 14.7. The highest BCUT2D eigenvalue weighted by Crippen LogP contribution is 2.44. The van der Waals surface area contributed by atoms with Crippen molar-refractivity contribution in [2.24, 2.45) is 0 Å². The number of piperidine rings is 1. The summed E-state index contributed by atoms with van der Waals surface area (Å²) in [4.78, 5) is 28.0. The lowest BCUT2D eigenvalue weighted by Gasteiger charge is -2.49. The number of rotatable bonds is 4. The van der Waals surface area contributed by atoms with E-state index in [0.717, 1.165) is 38.8 Å². The monoisotopic (exact) mass is 353 g/mol. The quantitative estimate of drug-likeness (QED) is 0.511. The molecule has 0 spiro atoms. The summed E-state index contributed by atoms with van der Waals surface area (Å²) in [6, 6.07) is 8.78. The predicted molar refractivity (Wildman–Crippen MR) is 96.7 cm³/mol. The molecule has 2 atom stereocenters. The molecule has 5 heteroatoms. The molecule has 1 aromatic rings. The fourth-order valence-electron chi connectivity index (χ4n) is 4.06. The van der Waals surface area contributed by atoms with Gasteiger partial charge in [-0.3, -0.25) is 9.59 Å². The molecule has 1 saturated heterocycles. The molecule has 1 N–H and O–H groups in total. The number of nitrogens with zero attached hydrogens (tertiary/aromatic N) is 1. The van der Waals surface area contributed by atoms with Gasteiger partial charge in [-0.15, -0.1) is 0 Å². The molecule has 0 saturated carbocycles. The Balaban J connectivity index is 1.78. The van der Waals surface area contributed by atoms with Crippen LogP contribution >= 0.6 is 0 Å². The molecule has 1 fully saturated rings. The first-order valence-corrected chi connectivity index (χ1v) is 9.29. The molecular formula is C21H23NO4. The zero-order valence-electron chi connectivity index (χ0n) is 14.7. The number of Topliss-reactive ketones (excluding diaryl/α,β-unsaturated/α-hetero) is 2. The molecule has 1 aliphatic carbocycles. The van der Waals surface area contributed by atoms with E-state index in [1.165, 1.54) is 0 Å². The molecule has 2 aliphatic heterocycles. The van der Waals surface area contributed by atoms with Crippen molar-refractivity contribution in [3.8, 4) is 0 Å². The Hall–Kier alpha value is -2.24. The normalized spacial score (nSPS) is 28.9. The maximum Gasteiger partial charge on any atom is 0.209 e. The Kier molecular flexibility index (Phi) is 4.51. The third-order valence-corrected chi connectivity index (χ3v) is 5.41. The van der Waals surface area contributed by atoms with Gasteiger partial charge in [-0.25, -0.2) is 0 Å². The van der Waals surface area contributed by atoms with Crippen LogP contribution in [0.4, 0.5) is 0 Å². The molecule has 0 aromatic heterocycles. The average molecular weight is 353 g/mol. The van der Waals surface area contributed by atoms with Crippen molar-refractivity contribution in [2.75, 3.05) is 19.7 Å². The Morgan fingerprint density at radius 3 is 2.54 bits per heavy atom. The van der Waals surface area contributed by atoms with Crippen molar-refractivity contribution in [2.45, 2.75) is 37.4 Å². The van der Waals surface area contributed by atoms with Gasteiger partial charge in [-0.1, -0.05) is 42.5 Å². The molecule has 26 heavy (non-hydrogen) atoms. The van der Waals surface area contributed by atoms with Gasteiger partial charge in [0.25, 0.3) is 0 Å². The third-order valence-electron chi connectivity index (χ3n) is 5.41. The Morgan fingerprint density at radius 2 is 1.88 bits per heavy atom. The number of likely N-dealkylation sites (tertiary alicyclic amines) is 1. The second-order valence-corrected chi connectivity index (χ2v) is 7.07. The van der Waals surface area contributed by atoms with E-state index in [1.54, 1.807) is 30.3 Å². The fraction of sp³-hybridized carbons (Fsp3) is 0.429. The summed E-state index contributed by atoms with van der Waals surface area (Å²) in [5.74, 6) is -0.843. The van der Waals surface area contributed by atoms with E-state index in [0.29, 0.717) is 17.9 Å². The zero-order chi connectivity index (χ0) is 18.1. The highest BCUT2D eigenvalue weighted by molar-refractivity contribution is 6.34. The van der Waals surface area contributed by atoms with Gasteiger partial charge in [0.2, 0.25) is 5.78 Å². The van der Waals surface area contributed by atoms with Crippen LogP contribution in [0.1, 0.15) is 36.0 Å². The summed E-state index contributed by atoms with van der Waals surface area (Å²) in [5.41, 5.74) is -0.725. The van der Waals surface area contributed by atoms with Gasteiger partial charge in [0.05, 0.1) is 17.9 Å². The highest BCUT2D eigenvalue weighted by Gasteiger charge is 2.61. The number of benzene rings is 1. The van der Waals surface area contributed by atoms with Gasteiger partial charge in [0.15, 0.2) is 11.4 Å². The lowest BCUT2D eigenvalue weighted by molar-refractivity contribution is -0.151. The first kappa shape index (κ1) is 17.2. The van der Waals surface area contributed by atoms with Crippen molar-refractivity contribution in [1.82, 2.24) is 4.90 Å². The van der Waals surface area contributed by atoms with Crippen LogP contribution in [0.25, 0.3) is 0 Å². The van der Waals surface area contributed by atoms with Crippen LogP contribution in [-0.4, -0.2) is 53.0 Å². The number of ketones is 2. The van der Waals surface area contributed by atoms with Crippen LogP contribution in [0, 0.1) is 0 Å². The second kappa shape index (κ2) is 6.82. The van der Waals surface area contributed by atoms with E-state index in [1.807, 2.05) is 17.0 Å². The Morgan fingerprint density at radius 1 is 1.15 bits per heavy atom. The number of hydrogen-bond acceptors (Lipinski definition) is 5. The summed E-state index contributed by atoms with van der Waals surface area (Å²) >= 11 is 0. The molecule has 2 heterocycles. The average Bonchev–Trinajstić information content (AvgIpc) is 2.72.